The summed E-state index contributed by atoms with van der Waals surface area (Å²) in [6.07, 6.45) is 0.648. The van der Waals surface area contributed by atoms with Crippen molar-refractivity contribution >= 4 is 11.9 Å². The minimum atomic E-state index is -4.94. The number of terminal acetylenes is 1. The van der Waals surface area contributed by atoms with Crippen LogP contribution in [0.2, 0.25) is 0 Å². The summed E-state index contributed by atoms with van der Waals surface area (Å²) < 4.78 is 104. The van der Waals surface area contributed by atoms with Crippen molar-refractivity contribution in [2.24, 2.45) is 11.8 Å². The first-order valence-corrected chi connectivity index (χ1v) is 18.1. The molecule has 14 heteroatoms. The molecule has 3 atom stereocenters. The van der Waals surface area contributed by atoms with Gasteiger partial charge in [0, 0.05) is 42.3 Å². The van der Waals surface area contributed by atoms with Crippen LogP contribution in [0, 0.1) is 56.6 Å². The van der Waals surface area contributed by atoms with E-state index in [0.29, 0.717) is 22.8 Å². The number of pyridine rings is 1. The number of aromatic nitrogens is 1. The largest absolute Gasteiger partial charge is 0.481 e. The van der Waals surface area contributed by atoms with Crippen LogP contribution in [0.1, 0.15) is 103 Å². The number of hydrogen-bond donors (Lipinski definition) is 2. The van der Waals surface area contributed by atoms with Gasteiger partial charge < -0.3 is 19.9 Å². The van der Waals surface area contributed by atoms with Crippen molar-refractivity contribution in [2.75, 3.05) is 19.6 Å². The number of alkyl halides is 5. The van der Waals surface area contributed by atoms with Crippen molar-refractivity contribution < 1.29 is 45.4 Å². The molecule has 1 saturated carbocycles. The lowest BCUT2D eigenvalue weighted by atomic mass is 9.87. The van der Waals surface area contributed by atoms with E-state index < -0.39 is 88.2 Å². The summed E-state index contributed by atoms with van der Waals surface area (Å²) in [5.41, 5.74) is -1.42. The molecule has 0 unspecified atom stereocenters. The Kier molecular flexibility index (Phi) is 12.0. The molecule has 296 valence electrons. The Bertz CT molecular complexity index is 2050. The lowest BCUT2D eigenvalue weighted by Gasteiger charge is -2.34. The Labute approximate surface area is 314 Å². The van der Waals surface area contributed by atoms with Gasteiger partial charge in [-0.2, -0.15) is 13.2 Å². The maximum atomic E-state index is 16.6. The molecule has 7 nitrogen and oxygen atoms in total. The minimum Gasteiger partial charge on any atom is -0.481 e. The van der Waals surface area contributed by atoms with Crippen molar-refractivity contribution in [2.45, 2.75) is 96.8 Å². The standard InChI is InChI=1S/C41H44F7N3O4/c1-7-25-15-28(35-23(5)13-22(4)14-24(35)6)38(43)36(37(25)42)31(17-34(53)54)49-39(55)32(12-21(2)3)51-20-29(30(16-33(51)52)41(46,47)48)26-8-10-50(11-9-26)19-27-18-40(27,44)45/h1,13-16,20-21,26-27,31-32H,8-12,17-19H2,2-6H3,(H,49,55)(H,53,54)/t27-,31+,32+/m1/s1. The highest BCUT2D eigenvalue weighted by atomic mass is 19.4. The van der Waals surface area contributed by atoms with E-state index in [9.17, 15) is 41.4 Å². The zero-order valence-corrected chi connectivity index (χ0v) is 31.2. The van der Waals surface area contributed by atoms with E-state index in [-0.39, 0.29) is 62.4 Å². The molecule has 1 aliphatic heterocycles. The number of carbonyl (C=O) groups excluding carboxylic acids is 1. The zero-order valence-electron chi connectivity index (χ0n) is 31.2. The van der Waals surface area contributed by atoms with Gasteiger partial charge in [0.25, 0.3) is 11.5 Å². The van der Waals surface area contributed by atoms with Crippen LogP contribution in [0.25, 0.3) is 11.1 Å². The molecule has 2 fully saturated rings. The molecule has 2 aliphatic rings. The third kappa shape index (κ3) is 9.09. The Morgan fingerprint density at radius 2 is 1.64 bits per heavy atom. The van der Waals surface area contributed by atoms with Gasteiger partial charge in [-0.25, -0.2) is 17.6 Å². The molecule has 2 heterocycles. The number of nitrogens with one attached hydrogen (secondary N) is 1. The van der Waals surface area contributed by atoms with Gasteiger partial charge in [0.2, 0.25) is 5.91 Å². The summed E-state index contributed by atoms with van der Waals surface area (Å²) in [6.45, 7) is 9.28. The molecule has 2 N–H and O–H groups in total. The molecular formula is C41H44F7N3O4. The molecule has 2 aromatic carbocycles. The molecule has 55 heavy (non-hydrogen) atoms. The monoisotopic (exact) mass is 775 g/mol. The number of likely N-dealkylation sites (tertiary alicyclic amines) is 1. The molecule has 3 aromatic rings. The van der Waals surface area contributed by atoms with Crippen LogP contribution in [-0.2, 0) is 15.8 Å². The molecule has 1 aliphatic carbocycles. The highest BCUT2D eigenvalue weighted by molar-refractivity contribution is 5.82. The molecule has 0 bridgehead atoms. The van der Waals surface area contributed by atoms with E-state index in [4.69, 9.17) is 6.42 Å². The Morgan fingerprint density at radius 1 is 1.04 bits per heavy atom. The van der Waals surface area contributed by atoms with Crippen LogP contribution >= 0.6 is 0 Å². The third-order valence-electron chi connectivity index (χ3n) is 10.6. The molecule has 1 aromatic heterocycles. The smallest absolute Gasteiger partial charge is 0.416 e. The number of rotatable bonds is 12. The number of aliphatic carboxylic acids is 1. The average Bonchev–Trinajstić information content (AvgIpc) is 3.68. The second kappa shape index (κ2) is 15.8. The third-order valence-corrected chi connectivity index (χ3v) is 10.6. The number of piperidine rings is 1. The first kappa shape index (κ1) is 41.5. The van der Waals surface area contributed by atoms with Gasteiger partial charge >= 0.3 is 12.1 Å². The van der Waals surface area contributed by atoms with Gasteiger partial charge in [0.05, 0.1) is 23.6 Å². The lowest BCUT2D eigenvalue weighted by molar-refractivity contribution is -0.139. The Hall–Kier alpha value is -4.64. The van der Waals surface area contributed by atoms with Gasteiger partial charge in [-0.1, -0.05) is 37.5 Å². The number of aryl methyl sites for hydroxylation is 3. The number of hydrogen-bond acceptors (Lipinski definition) is 4. The van der Waals surface area contributed by atoms with E-state index in [1.165, 1.54) is 0 Å². The van der Waals surface area contributed by atoms with Crippen molar-refractivity contribution in [3.63, 3.8) is 0 Å². The van der Waals surface area contributed by atoms with Crippen LogP contribution in [0.15, 0.2) is 35.3 Å². The van der Waals surface area contributed by atoms with Crippen LogP contribution in [0.4, 0.5) is 30.7 Å². The van der Waals surface area contributed by atoms with Crippen LogP contribution < -0.4 is 10.9 Å². The van der Waals surface area contributed by atoms with Crippen molar-refractivity contribution in [3.05, 3.63) is 91.4 Å². The topological polar surface area (TPSA) is 91.6 Å². The second-order valence-electron chi connectivity index (χ2n) is 15.4. The predicted octanol–water partition coefficient (Wildman–Crippen LogP) is 8.47. The van der Waals surface area contributed by atoms with Crippen LogP contribution in [0.5, 0.6) is 0 Å². The normalized spacial score (nSPS) is 18.5. The molecule has 0 spiro atoms. The highest BCUT2D eigenvalue weighted by Crippen LogP contribution is 2.49. The fourth-order valence-electron chi connectivity index (χ4n) is 7.90. The van der Waals surface area contributed by atoms with Crippen molar-refractivity contribution in [1.82, 2.24) is 14.8 Å². The van der Waals surface area contributed by atoms with Crippen LogP contribution in [0.3, 0.4) is 0 Å². The predicted molar refractivity (Wildman–Crippen MR) is 193 cm³/mol. The van der Waals surface area contributed by atoms with Crippen molar-refractivity contribution in [1.29, 1.82) is 0 Å². The summed E-state index contributed by atoms with van der Waals surface area (Å²) in [5.74, 6) is -7.47. The number of carbonyl (C=O) groups is 2. The van der Waals surface area contributed by atoms with Crippen LogP contribution in [-0.4, -0.2) is 52.0 Å². The average molecular weight is 776 g/mol. The van der Waals surface area contributed by atoms with E-state index >= 15 is 8.78 Å². The molecule has 5 rings (SSSR count). The molecule has 0 radical (unpaired) electrons. The van der Waals surface area contributed by atoms with Gasteiger partial charge in [-0.15, -0.1) is 6.42 Å². The lowest BCUT2D eigenvalue weighted by Crippen LogP contribution is -2.41. The number of carboxylic acids is 1. The van der Waals surface area contributed by atoms with Crippen molar-refractivity contribution in [3.8, 4) is 23.5 Å². The first-order chi connectivity index (χ1) is 25.6. The summed E-state index contributed by atoms with van der Waals surface area (Å²) in [5, 5.41) is 12.3. The maximum absolute atomic E-state index is 16.6. The SMILES string of the molecule is C#Cc1cc(-c2c(C)cc(C)cc2C)c(F)c([C@H](CC(=O)O)NC(=O)[C@H](CC(C)C)n2cc(C3CCN(C[C@H]4CC4(F)F)CC3)c(C(F)(F)F)cc2=O)c1F. The second-order valence-corrected chi connectivity index (χ2v) is 15.4. The maximum Gasteiger partial charge on any atom is 0.416 e. The Balaban J connectivity index is 1.56. The van der Waals surface area contributed by atoms with Gasteiger partial charge in [-0.05, 0) is 93.3 Å². The summed E-state index contributed by atoms with van der Waals surface area (Å²) >= 11 is 0. The molecular weight excluding hydrogens is 731 g/mol. The zero-order chi connectivity index (χ0) is 40.7. The molecule has 1 amide bonds. The minimum absolute atomic E-state index is 0.118. The van der Waals surface area contributed by atoms with Gasteiger partial charge in [-0.3, -0.25) is 14.4 Å². The number of halogens is 7. The fraction of sp³-hybridized carbons (Fsp3) is 0.488. The van der Waals surface area contributed by atoms with E-state index in [2.05, 4.69) is 11.2 Å². The number of amides is 1. The van der Waals surface area contributed by atoms with E-state index in [0.717, 1.165) is 22.4 Å². The summed E-state index contributed by atoms with van der Waals surface area (Å²) in [4.78, 5) is 41.6. The quantitative estimate of drug-likeness (QED) is 0.142. The number of carboxylic acid groups (broad SMARTS) is 1. The number of benzene rings is 2. The summed E-state index contributed by atoms with van der Waals surface area (Å²) in [7, 11) is 0. The van der Waals surface area contributed by atoms with E-state index in [1.54, 1.807) is 44.7 Å². The Morgan fingerprint density at radius 3 is 2.15 bits per heavy atom. The number of nitrogens with zero attached hydrogens (tertiary/aromatic N) is 2. The summed E-state index contributed by atoms with van der Waals surface area (Å²) in [6, 6.07) is 1.73. The van der Waals surface area contributed by atoms with Gasteiger partial charge in [0.15, 0.2) is 0 Å². The van der Waals surface area contributed by atoms with E-state index in [1.807, 2.05) is 6.92 Å². The molecule has 1 saturated heterocycles. The highest BCUT2D eigenvalue weighted by Gasteiger charge is 2.57. The van der Waals surface area contributed by atoms with Gasteiger partial charge in [0.1, 0.15) is 17.7 Å². The first-order valence-electron chi connectivity index (χ1n) is 18.1. The fourth-order valence-corrected chi connectivity index (χ4v) is 7.90.